The molecule has 4 N–H and O–H groups in total. The van der Waals surface area contributed by atoms with Gasteiger partial charge in [-0.25, -0.2) is 9.78 Å². The van der Waals surface area contributed by atoms with Gasteiger partial charge in [0.25, 0.3) is 0 Å². The number of nitrogens with zero attached hydrogens (tertiary/aromatic N) is 1. The Morgan fingerprint density at radius 1 is 0.872 bits per heavy atom. The molecule has 0 bridgehead atoms. The van der Waals surface area contributed by atoms with E-state index in [4.69, 9.17) is 4.74 Å². The number of carbonyl (C=O) groups excluding carboxylic acids is 4. The highest BCUT2D eigenvalue weighted by Gasteiger charge is 2.29. The molecule has 0 spiro atoms. The fourth-order valence-electron chi connectivity index (χ4n) is 4.00. The molecule has 0 aliphatic heterocycles. The standard InChI is InChI=1S/C29H35N5O5/c1-20(2)13-24(17-35)32-27(36)26(15-23-16-30-19-31-23)33-28(37)25(14-21-9-5-3-6-10-21)34-29(38)39-18-22-11-7-4-8-12-22/h3-12,16-17,19-20,24-26H,13-15,18H2,1-2H3,(H,30,31)(H,32,36)(H,33,37)(H,34,38)/t24-,25-,26-/m0/s1. The zero-order valence-corrected chi connectivity index (χ0v) is 22.1. The summed E-state index contributed by atoms with van der Waals surface area (Å²) in [7, 11) is 0. The molecule has 10 heteroatoms. The minimum Gasteiger partial charge on any atom is -0.445 e. The zero-order valence-electron chi connectivity index (χ0n) is 22.1. The lowest BCUT2D eigenvalue weighted by Crippen LogP contribution is -2.56. The molecule has 0 unspecified atom stereocenters. The summed E-state index contributed by atoms with van der Waals surface area (Å²) in [4.78, 5) is 57.8. The third kappa shape index (κ3) is 10.1. The van der Waals surface area contributed by atoms with Crippen LogP contribution in [-0.2, 0) is 38.6 Å². The summed E-state index contributed by atoms with van der Waals surface area (Å²) in [6, 6.07) is 15.7. The van der Waals surface area contributed by atoms with Crippen molar-refractivity contribution in [3.05, 3.63) is 90.0 Å². The minimum absolute atomic E-state index is 0.0418. The third-order valence-electron chi connectivity index (χ3n) is 5.93. The zero-order chi connectivity index (χ0) is 28.0. The molecule has 0 aliphatic rings. The summed E-state index contributed by atoms with van der Waals surface area (Å²) in [6.45, 7) is 3.94. The summed E-state index contributed by atoms with van der Waals surface area (Å²) < 4.78 is 5.33. The molecule has 10 nitrogen and oxygen atoms in total. The minimum atomic E-state index is -1.02. The lowest BCUT2D eigenvalue weighted by atomic mass is 10.0. The smallest absolute Gasteiger partial charge is 0.408 e. The first-order chi connectivity index (χ1) is 18.8. The van der Waals surface area contributed by atoms with Gasteiger partial charge in [0.1, 0.15) is 25.0 Å². The molecular weight excluding hydrogens is 498 g/mol. The summed E-state index contributed by atoms with van der Waals surface area (Å²) in [6.07, 6.45) is 3.71. The van der Waals surface area contributed by atoms with E-state index in [1.54, 1.807) is 6.20 Å². The predicted molar refractivity (Wildman–Crippen MR) is 145 cm³/mol. The van der Waals surface area contributed by atoms with E-state index in [9.17, 15) is 19.2 Å². The second-order valence-corrected chi connectivity index (χ2v) is 9.67. The Kier molecular flexibility index (Phi) is 11.2. The topological polar surface area (TPSA) is 142 Å². The number of amides is 3. The third-order valence-corrected chi connectivity index (χ3v) is 5.93. The van der Waals surface area contributed by atoms with Crippen LogP contribution >= 0.6 is 0 Å². The highest BCUT2D eigenvalue weighted by molar-refractivity contribution is 5.92. The first kappa shape index (κ1) is 29.1. The maximum atomic E-state index is 13.5. The Morgan fingerprint density at radius 2 is 1.49 bits per heavy atom. The van der Waals surface area contributed by atoms with E-state index in [0.29, 0.717) is 18.4 Å². The van der Waals surface area contributed by atoms with Crippen LogP contribution in [0.25, 0.3) is 0 Å². The summed E-state index contributed by atoms with van der Waals surface area (Å²) in [5.74, 6) is -0.898. The molecule has 1 aromatic heterocycles. The molecule has 3 atom stereocenters. The van der Waals surface area contributed by atoms with Gasteiger partial charge in [-0.15, -0.1) is 0 Å². The van der Waals surface area contributed by atoms with Crippen molar-refractivity contribution in [1.29, 1.82) is 0 Å². The van der Waals surface area contributed by atoms with Crippen LogP contribution in [0.15, 0.2) is 73.2 Å². The first-order valence-corrected chi connectivity index (χ1v) is 12.9. The lowest BCUT2D eigenvalue weighted by Gasteiger charge is -2.24. The van der Waals surface area contributed by atoms with E-state index in [2.05, 4.69) is 25.9 Å². The maximum absolute atomic E-state index is 13.5. The lowest BCUT2D eigenvalue weighted by molar-refractivity contribution is -0.131. The van der Waals surface area contributed by atoms with Crippen molar-refractivity contribution in [1.82, 2.24) is 25.9 Å². The van der Waals surface area contributed by atoms with Gasteiger partial charge in [0.2, 0.25) is 11.8 Å². The SMILES string of the molecule is CC(C)C[C@@H](C=O)NC(=O)[C@H](Cc1cnc[nH]1)NC(=O)[C@H](Cc1ccccc1)NC(=O)OCc1ccccc1. The molecule has 0 aliphatic carbocycles. The molecule has 206 valence electrons. The van der Waals surface area contributed by atoms with Gasteiger partial charge in [-0.3, -0.25) is 9.59 Å². The van der Waals surface area contributed by atoms with Crippen molar-refractivity contribution in [3.63, 3.8) is 0 Å². The van der Waals surface area contributed by atoms with Crippen molar-refractivity contribution < 1.29 is 23.9 Å². The van der Waals surface area contributed by atoms with Crippen LogP contribution < -0.4 is 16.0 Å². The van der Waals surface area contributed by atoms with Crippen molar-refractivity contribution in [3.8, 4) is 0 Å². The van der Waals surface area contributed by atoms with Crippen molar-refractivity contribution in [2.75, 3.05) is 0 Å². The van der Waals surface area contributed by atoms with E-state index < -0.39 is 36.0 Å². The summed E-state index contributed by atoms with van der Waals surface area (Å²) in [5, 5.41) is 8.10. The number of rotatable bonds is 14. The van der Waals surface area contributed by atoms with Crippen molar-refractivity contribution >= 4 is 24.2 Å². The number of benzene rings is 2. The Morgan fingerprint density at radius 3 is 2.08 bits per heavy atom. The van der Waals surface area contributed by atoms with Gasteiger partial charge in [0, 0.05) is 24.7 Å². The Bertz CT molecular complexity index is 1190. The first-order valence-electron chi connectivity index (χ1n) is 12.9. The van der Waals surface area contributed by atoms with Gasteiger partial charge in [-0.1, -0.05) is 74.5 Å². The van der Waals surface area contributed by atoms with E-state index in [-0.39, 0.29) is 25.4 Å². The molecule has 2 aromatic carbocycles. The van der Waals surface area contributed by atoms with Gasteiger partial charge in [-0.05, 0) is 23.5 Å². The average molecular weight is 534 g/mol. The van der Waals surface area contributed by atoms with Crippen LogP contribution in [-0.4, -0.2) is 52.3 Å². The molecule has 39 heavy (non-hydrogen) atoms. The molecule has 3 rings (SSSR count). The number of hydrogen-bond acceptors (Lipinski definition) is 6. The number of alkyl carbamates (subject to hydrolysis) is 1. The van der Waals surface area contributed by atoms with E-state index in [0.717, 1.165) is 11.1 Å². The van der Waals surface area contributed by atoms with E-state index >= 15 is 0 Å². The highest BCUT2D eigenvalue weighted by Crippen LogP contribution is 2.08. The largest absolute Gasteiger partial charge is 0.445 e. The summed E-state index contributed by atoms with van der Waals surface area (Å²) in [5.41, 5.74) is 2.24. The van der Waals surface area contributed by atoms with Gasteiger partial charge < -0.3 is 30.5 Å². The predicted octanol–water partition coefficient (Wildman–Crippen LogP) is 2.70. The molecule has 1 heterocycles. The van der Waals surface area contributed by atoms with E-state index in [1.165, 1.54) is 6.33 Å². The van der Waals surface area contributed by atoms with Gasteiger partial charge in [0.15, 0.2) is 0 Å². The second kappa shape index (κ2) is 15.1. The molecule has 3 amide bonds. The number of ether oxygens (including phenoxy) is 1. The monoisotopic (exact) mass is 533 g/mol. The fraction of sp³-hybridized carbons (Fsp3) is 0.345. The number of imidazole rings is 1. The van der Waals surface area contributed by atoms with Crippen LogP contribution in [0.2, 0.25) is 0 Å². The number of aldehydes is 1. The molecule has 0 fully saturated rings. The number of hydrogen-bond donors (Lipinski definition) is 4. The normalized spacial score (nSPS) is 13.1. The molecular formula is C29H35N5O5. The Balaban J connectivity index is 1.74. The number of aromatic nitrogens is 2. The maximum Gasteiger partial charge on any atom is 0.408 e. The molecule has 0 radical (unpaired) electrons. The fourth-order valence-corrected chi connectivity index (χ4v) is 4.00. The van der Waals surface area contributed by atoms with Crippen molar-refractivity contribution in [2.45, 2.75) is 57.8 Å². The highest BCUT2D eigenvalue weighted by atomic mass is 16.5. The number of aromatic amines is 1. The van der Waals surface area contributed by atoms with Crippen LogP contribution in [0, 0.1) is 5.92 Å². The number of H-pyrrole nitrogens is 1. The average Bonchev–Trinajstić information content (AvgIpc) is 3.45. The van der Waals surface area contributed by atoms with Gasteiger partial charge in [0.05, 0.1) is 12.4 Å². The van der Waals surface area contributed by atoms with Crippen molar-refractivity contribution in [2.24, 2.45) is 5.92 Å². The second-order valence-electron chi connectivity index (χ2n) is 9.67. The van der Waals surface area contributed by atoms with Crippen LogP contribution in [0.3, 0.4) is 0 Å². The van der Waals surface area contributed by atoms with Crippen LogP contribution in [0.5, 0.6) is 0 Å². The Labute approximate surface area is 227 Å². The van der Waals surface area contributed by atoms with Gasteiger partial charge in [-0.2, -0.15) is 0 Å². The number of carbonyl (C=O) groups is 4. The Hall–Kier alpha value is -4.47. The van der Waals surface area contributed by atoms with Crippen LogP contribution in [0.1, 0.15) is 37.1 Å². The molecule has 0 saturated carbocycles. The molecule has 0 saturated heterocycles. The number of nitrogens with one attached hydrogen (secondary N) is 4. The van der Waals surface area contributed by atoms with Gasteiger partial charge >= 0.3 is 6.09 Å². The molecule has 3 aromatic rings. The van der Waals surface area contributed by atoms with Crippen LogP contribution in [0.4, 0.5) is 4.79 Å². The quantitative estimate of drug-likeness (QED) is 0.235. The summed E-state index contributed by atoms with van der Waals surface area (Å²) >= 11 is 0. The van der Waals surface area contributed by atoms with E-state index in [1.807, 2.05) is 74.5 Å².